The lowest BCUT2D eigenvalue weighted by Gasteiger charge is -2.04. The molecule has 0 radical (unpaired) electrons. The van der Waals surface area contributed by atoms with Crippen LogP contribution in [0.15, 0.2) is 48.5 Å². The lowest BCUT2D eigenvalue weighted by molar-refractivity contribution is 1.35. The molecule has 2 aromatic carbocycles. The zero-order valence-electron chi connectivity index (χ0n) is 10.1. The molecule has 1 N–H and O–H groups in total. The van der Waals surface area contributed by atoms with Gasteiger partial charge in [0.1, 0.15) is 0 Å². The Kier molecular flexibility index (Phi) is 2.25. The van der Waals surface area contributed by atoms with Crippen molar-refractivity contribution in [2.45, 2.75) is 13.8 Å². The molecule has 0 aliphatic heterocycles. The van der Waals surface area contributed by atoms with Gasteiger partial charge in [0.25, 0.3) is 0 Å². The van der Waals surface area contributed by atoms with Crippen molar-refractivity contribution in [3.8, 4) is 11.3 Å². The average Bonchev–Trinajstić information content (AvgIpc) is 2.72. The molecular weight excluding hydrogens is 206 g/mol. The van der Waals surface area contributed by atoms with E-state index in [-0.39, 0.29) is 0 Å². The van der Waals surface area contributed by atoms with E-state index in [0.29, 0.717) is 0 Å². The number of para-hydroxylation sites is 1. The Morgan fingerprint density at radius 3 is 2.47 bits per heavy atom. The topological polar surface area (TPSA) is 15.8 Å². The Morgan fingerprint density at radius 1 is 0.882 bits per heavy atom. The van der Waals surface area contributed by atoms with Crippen LogP contribution in [-0.2, 0) is 0 Å². The Hall–Kier alpha value is -2.02. The van der Waals surface area contributed by atoms with Crippen molar-refractivity contribution in [3.63, 3.8) is 0 Å². The second kappa shape index (κ2) is 3.77. The molecule has 17 heavy (non-hydrogen) atoms. The van der Waals surface area contributed by atoms with E-state index >= 15 is 0 Å². The molecule has 1 aromatic heterocycles. The Morgan fingerprint density at radius 2 is 1.71 bits per heavy atom. The van der Waals surface area contributed by atoms with E-state index in [9.17, 15) is 0 Å². The molecule has 0 fully saturated rings. The van der Waals surface area contributed by atoms with Crippen LogP contribution in [-0.4, -0.2) is 4.98 Å². The van der Waals surface area contributed by atoms with Crippen molar-refractivity contribution >= 4 is 10.9 Å². The van der Waals surface area contributed by atoms with Crippen LogP contribution in [0.4, 0.5) is 0 Å². The lowest BCUT2D eigenvalue weighted by atomic mass is 10.0. The summed E-state index contributed by atoms with van der Waals surface area (Å²) < 4.78 is 0. The molecule has 0 saturated carbocycles. The van der Waals surface area contributed by atoms with Gasteiger partial charge in [-0.25, -0.2) is 0 Å². The first-order valence-corrected chi connectivity index (χ1v) is 5.89. The number of aromatic amines is 1. The molecule has 3 rings (SSSR count). The summed E-state index contributed by atoms with van der Waals surface area (Å²) in [6.45, 7) is 4.29. The van der Waals surface area contributed by atoms with Gasteiger partial charge < -0.3 is 4.98 Å². The average molecular weight is 221 g/mol. The summed E-state index contributed by atoms with van der Waals surface area (Å²) >= 11 is 0. The van der Waals surface area contributed by atoms with Gasteiger partial charge in [-0.2, -0.15) is 0 Å². The van der Waals surface area contributed by atoms with Crippen LogP contribution in [0.1, 0.15) is 11.1 Å². The van der Waals surface area contributed by atoms with Gasteiger partial charge in [-0.3, -0.25) is 0 Å². The first-order chi connectivity index (χ1) is 8.24. The highest BCUT2D eigenvalue weighted by Gasteiger charge is 2.05. The molecule has 0 unspecified atom stereocenters. The van der Waals surface area contributed by atoms with Gasteiger partial charge in [-0.05, 0) is 31.5 Å². The highest BCUT2D eigenvalue weighted by molar-refractivity contribution is 5.86. The lowest BCUT2D eigenvalue weighted by Crippen LogP contribution is -1.84. The molecule has 0 aliphatic carbocycles. The molecule has 0 amide bonds. The van der Waals surface area contributed by atoms with Gasteiger partial charge in [-0.1, -0.05) is 42.0 Å². The summed E-state index contributed by atoms with van der Waals surface area (Å²) in [6.07, 6.45) is 0. The summed E-state index contributed by atoms with van der Waals surface area (Å²) in [7, 11) is 0. The zero-order valence-corrected chi connectivity index (χ0v) is 10.1. The Balaban J connectivity index is 2.20. The third kappa shape index (κ3) is 1.74. The highest BCUT2D eigenvalue weighted by atomic mass is 14.7. The first kappa shape index (κ1) is 10.2. The van der Waals surface area contributed by atoms with Gasteiger partial charge in [0.05, 0.1) is 0 Å². The predicted molar refractivity (Wildman–Crippen MR) is 73.2 cm³/mol. The second-order valence-corrected chi connectivity index (χ2v) is 4.59. The predicted octanol–water partition coefficient (Wildman–Crippen LogP) is 4.45. The molecule has 0 saturated heterocycles. The molecule has 0 aliphatic rings. The minimum atomic E-state index is 1.20. The van der Waals surface area contributed by atoms with Gasteiger partial charge in [0.15, 0.2) is 0 Å². The molecule has 1 heterocycles. The molecule has 0 atom stereocenters. The van der Waals surface area contributed by atoms with Crippen LogP contribution in [0.25, 0.3) is 22.2 Å². The minimum Gasteiger partial charge on any atom is -0.355 e. The maximum atomic E-state index is 3.47. The molecule has 1 nitrogen and oxygen atoms in total. The van der Waals surface area contributed by atoms with Crippen molar-refractivity contribution in [2.24, 2.45) is 0 Å². The fourth-order valence-corrected chi connectivity index (χ4v) is 2.33. The van der Waals surface area contributed by atoms with Crippen LogP contribution in [0.2, 0.25) is 0 Å². The summed E-state index contributed by atoms with van der Waals surface area (Å²) in [6, 6.07) is 17.2. The molecule has 84 valence electrons. The molecule has 0 bridgehead atoms. The van der Waals surface area contributed by atoms with E-state index in [2.05, 4.69) is 67.4 Å². The summed E-state index contributed by atoms with van der Waals surface area (Å²) in [5.41, 5.74) is 6.30. The van der Waals surface area contributed by atoms with E-state index in [1.807, 2.05) is 0 Å². The minimum absolute atomic E-state index is 1.20. The SMILES string of the molecule is Cc1ccc(-c2cc3ccccc3[nH]2)c(C)c1. The van der Waals surface area contributed by atoms with E-state index in [0.717, 1.165) is 0 Å². The van der Waals surface area contributed by atoms with E-state index < -0.39 is 0 Å². The molecular formula is C16H15N. The van der Waals surface area contributed by atoms with E-state index in [4.69, 9.17) is 0 Å². The van der Waals surface area contributed by atoms with Gasteiger partial charge in [0, 0.05) is 22.2 Å². The fraction of sp³-hybridized carbons (Fsp3) is 0.125. The van der Waals surface area contributed by atoms with Crippen LogP contribution in [0, 0.1) is 13.8 Å². The Bertz CT molecular complexity index is 644. The summed E-state index contributed by atoms with van der Waals surface area (Å²) in [5.74, 6) is 0. The van der Waals surface area contributed by atoms with Crippen molar-refractivity contribution in [1.29, 1.82) is 0 Å². The smallest absolute Gasteiger partial charge is 0.0467 e. The van der Waals surface area contributed by atoms with Crippen molar-refractivity contribution in [3.05, 3.63) is 59.7 Å². The molecule has 3 aromatic rings. The number of hydrogen-bond donors (Lipinski definition) is 1. The normalized spacial score (nSPS) is 10.9. The van der Waals surface area contributed by atoms with Crippen LogP contribution in [0.3, 0.4) is 0 Å². The van der Waals surface area contributed by atoms with Gasteiger partial charge in [0.2, 0.25) is 0 Å². The summed E-state index contributed by atoms with van der Waals surface area (Å²) in [5, 5.41) is 1.27. The maximum absolute atomic E-state index is 3.47. The maximum Gasteiger partial charge on any atom is 0.0467 e. The number of aromatic nitrogens is 1. The van der Waals surface area contributed by atoms with Crippen LogP contribution in [0.5, 0.6) is 0 Å². The number of rotatable bonds is 1. The Labute approximate surface area is 101 Å². The van der Waals surface area contributed by atoms with Gasteiger partial charge in [-0.15, -0.1) is 0 Å². The number of aryl methyl sites for hydroxylation is 2. The van der Waals surface area contributed by atoms with E-state index in [1.165, 1.54) is 33.3 Å². The van der Waals surface area contributed by atoms with Crippen molar-refractivity contribution in [2.75, 3.05) is 0 Å². The number of H-pyrrole nitrogens is 1. The number of nitrogens with one attached hydrogen (secondary N) is 1. The molecule has 1 heteroatoms. The van der Waals surface area contributed by atoms with Gasteiger partial charge >= 0.3 is 0 Å². The first-order valence-electron chi connectivity index (χ1n) is 5.89. The number of hydrogen-bond acceptors (Lipinski definition) is 0. The number of fused-ring (bicyclic) bond motifs is 1. The third-order valence-electron chi connectivity index (χ3n) is 3.20. The third-order valence-corrected chi connectivity index (χ3v) is 3.20. The standard InChI is InChI=1S/C16H15N/c1-11-7-8-14(12(2)9-11)16-10-13-5-3-4-6-15(13)17-16/h3-10,17H,1-2H3. The zero-order chi connectivity index (χ0) is 11.8. The fourth-order valence-electron chi connectivity index (χ4n) is 2.33. The van der Waals surface area contributed by atoms with Crippen molar-refractivity contribution in [1.82, 2.24) is 4.98 Å². The monoisotopic (exact) mass is 221 g/mol. The second-order valence-electron chi connectivity index (χ2n) is 4.59. The quantitative estimate of drug-likeness (QED) is 0.624. The van der Waals surface area contributed by atoms with Crippen LogP contribution < -0.4 is 0 Å². The highest BCUT2D eigenvalue weighted by Crippen LogP contribution is 2.27. The summed E-state index contributed by atoms with van der Waals surface area (Å²) in [4.78, 5) is 3.47. The largest absolute Gasteiger partial charge is 0.355 e. The van der Waals surface area contributed by atoms with Crippen molar-refractivity contribution < 1.29 is 0 Å². The van der Waals surface area contributed by atoms with E-state index in [1.54, 1.807) is 0 Å². The van der Waals surface area contributed by atoms with Crippen LogP contribution >= 0.6 is 0 Å². The number of benzene rings is 2. The molecule has 0 spiro atoms.